The van der Waals surface area contributed by atoms with Crippen molar-refractivity contribution in [2.75, 3.05) is 0 Å². The molecule has 0 radical (unpaired) electrons. The second-order valence-corrected chi connectivity index (χ2v) is 7.66. The number of hydrogen-bond acceptors (Lipinski definition) is 4. The maximum Gasteiger partial charge on any atom is 0.327 e. The van der Waals surface area contributed by atoms with E-state index < -0.39 is 47.7 Å². The molecule has 4 nitrogen and oxygen atoms in total. The Kier molecular flexibility index (Phi) is 4.28. The molecule has 0 bridgehead atoms. The maximum atomic E-state index is 14.5. The van der Waals surface area contributed by atoms with Crippen LogP contribution >= 0.6 is 15.9 Å². The quantitative estimate of drug-likeness (QED) is 0.772. The second kappa shape index (κ2) is 5.88. The highest BCUT2D eigenvalue weighted by molar-refractivity contribution is 9.10. The first-order valence-corrected chi connectivity index (χ1v) is 8.62. The first kappa shape index (κ1) is 17.5. The average Bonchev–Trinajstić information content (AvgIpc) is 2.71. The van der Waals surface area contributed by atoms with Gasteiger partial charge in [-0.15, -0.1) is 0 Å². The van der Waals surface area contributed by atoms with Crippen LogP contribution in [0.25, 0.3) is 6.08 Å². The van der Waals surface area contributed by atoms with E-state index in [-0.39, 0.29) is 0 Å². The van der Waals surface area contributed by atoms with E-state index in [4.69, 9.17) is 10.5 Å². The highest BCUT2D eigenvalue weighted by Gasteiger charge is 2.66. The normalized spacial score (nSPS) is 38.2. The predicted molar refractivity (Wildman–Crippen MR) is 89.2 cm³/mol. The van der Waals surface area contributed by atoms with E-state index in [0.29, 0.717) is 5.69 Å². The molecule has 2 heterocycles. The third-order valence-corrected chi connectivity index (χ3v) is 5.67. The van der Waals surface area contributed by atoms with Crippen molar-refractivity contribution in [3.63, 3.8) is 0 Å². The zero-order chi connectivity index (χ0) is 17.7. The summed E-state index contributed by atoms with van der Waals surface area (Å²) in [6, 6.07) is 3.60. The van der Waals surface area contributed by atoms with E-state index in [1.165, 1.54) is 6.92 Å². The Morgan fingerprint density at radius 2 is 2.12 bits per heavy atom. The van der Waals surface area contributed by atoms with Crippen LogP contribution in [0, 0.1) is 17.8 Å². The van der Waals surface area contributed by atoms with Gasteiger partial charge >= 0.3 is 5.97 Å². The Balaban J connectivity index is 1.96. The van der Waals surface area contributed by atoms with Gasteiger partial charge in [0.25, 0.3) is 5.92 Å². The maximum absolute atomic E-state index is 14.5. The Morgan fingerprint density at radius 1 is 1.42 bits per heavy atom. The fourth-order valence-corrected chi connectivity index (χ4v) is 4.11. The largest absolute Gasteiger partial charge is 0.461 e. The van der Waals surface area contributed by atoms with Crippen LogP contribution in [-0.2, 0) is 9.53 Å². The summed E-state index contributed by atoms with van der Waals surface area (Å²) in [5.41, 5.74) is 5.12. The second-order valence-electron chi connectivity index (χ2n) is 6.74. The number of halogens is 3. The molecule has 0 unspecified atom stereocenters. The van der Waals surface area contributed by atoms with E-state index in [9.17, 15) is 13.6 Å². The minimum Gasteiger partial charge on any atom is -0.461 e. The fraction of sp³-hybridized carbons (Fsp3) is 0.529. The van der Waals surface area contributed by atoms with Crippen LogP contribution in [0.1, 0.15) is 26.0 Å². The molecular weight excluding hydrogens is 382 g/mol. The number of pyridine rings is 1. The molecule has 1 saturated carbocycles. The van der Waals surface area contributed by atoms with Crippen LogP contribution in [-0.4, -0.2) is 28.5 Å². The first-order chi connectivity index (χ1) is 11.1. The summed E-state index contributed by atoms with van der Waals surface area (Å²) >= 11 is 3.30. The fourth-order valence-electron chi connectivity index (χ4n) is 3.88. The third kappa shape index (κ3) is 2.77. The van der Waals surface area contributed by atoms with Crippen molar-refractivity contribution in [3.05, 3.63) is 34.6 Å². The van der Waals surface area contributed by atoms with Crippen LogP contribution in [0.4, 0.5) is 8.78 Å². The molecule has 3 rings (SSSR count). The molecule has 7 heteroatoms. The van der Waals surface area contributed by atoms with E-state index in [1.807, 2.05) is 6.07 Å². The molecule has 130 valence electrons. The number of ether oxygens (including phenoxy) is 1. The SMILES string of the molecule is C[C@H]1OC(=O)[C@]2(N)CC(F)(F)[C@@H](C)[C@H](C=Cc3ccc(Br)cn3)[C@H]12. The Labute approximate surface area is 147 Å². The van der Waals surface area contributed by atoms with Crippen LogP contribution in [0.15, 0.2) is 28.9 Å². The van der Waals surface area contributed by atoms with Crippen molar-refractivity contribution >= 4 is 28.0 Å². The molecular formula is C17H19BrF2N2O2. The lowest BCUT2D eigenvalue weighted by Gasteiger charge is -2.45. The Bertz CT molecular complexity index is 680. The van der Waals surface area contributed by atoms with Crippen LogP contribution < -0.4 is 5.73 Å². The van der Waals surface area contributed by atoms with E-state index in [2.05, 4.69) is 20.9 Å². The van der Waals surface area contributed by atoms with Crippen molar-refractivity contribution in [2.24, 2.45) is 23.5 Å². The Hall–Kier alpha value is -1.34. The zero-order valence-corrected chi connectivity index (χ0v) is 15.0. The average molecular weight is 401 g/mol. The molecule has 1 saturated heterocycles. The van der Waals surface area contributed by atoms with E-state index >= 15 is 0 Å². The van der Waals surface area contributed by atoms with Crippen molar-refractivity contribution in [1.29, 1.82) is 0 Å². The molecule has 5 atom stereocenters. The summed E-state index contributed by atoms with van der Waals surface area (Å²) in [6.07, 6.45) is 3.87. The standard InChI is InChI=1S/C17H19BrF2N2O2/c1-9-13(6-5-12-4-3-11(18)7-22-12)14-10(2)24-15(23)16(14,21)8-17(9,19)20/h3-7,9-10,13-14H,8,21H2,1-2H3/t9-,10+,13-,14-,16-/m0/s1. The smallest absolute Gasteiger partial charge is 0.327 e. The number of fused-ring (bicyclic) bond motifs is 1. The molecule has 0 amide bonds. The van der Waals surface area contributed by atoms with Gasteiger partial charge in [-0.05, 0) is 47.0 Å². The van der Waals surface area contributed by atoms with Gasteiger partial charge in [-0.2, -0.15) is 0 Å². The molecule has 0 aromatic carbocycles. The van der Waals surface area contributed by atoms with Gasteiger partial charge in [-0.25, -0.2) is 8.78 Å². The van der Waals surface area contributed by atoms with Crippen LogP contribution in [0.2, 0.25) is 0 Å². The third-order valence-electron chi connectivity index (χ3n) is 5.20. The Morgan fingerprint density at radius 3 is 2.75 bits per heavy atom. The van der Waals surface area contributed by atoms with Crippen molar-refractivity contribution < 1.29 is 18.3 Å². The number of hydrogen-bond donors (Lipinski definition) is 1. The molecule has 2 N–H and O–H groups in total. The number of nitrogens with zero attached hydrogens (tertiary/aromatic N) is 1. The number of nitrogens with two attached hydrogens (primary N) is 1. The summed E-state index contributed by atoms with van der Waals surface area (Å²) < 4.78 is 35.0. The number of carbonyl (C=O) groups is 1. The molecule has 0 spiro atoms. The van der Waals surface area contributed by atoms with Crippen molar-refractivity contribution in [1.82, 2.24) is 4.98 Å². The van der Waals surface area contributed by atoms with Crippen LogP contribution in [0.3, 0.4) is 0 Å². The van der Waals surface area contributed by atoms with Gasteiger partial charge < -0.3 is 10.5 Å². The number of aromatic nitrogens is 1. The lowest BCUT2D eigenvalue weighted by atomic mass is 9.61. The molecule has 2 fully saturated rings. The van der Waals surface area contributed by atoms with Gasteiger partial charge in [0, 0.05) is 28.9 Å². The number of rotatable bonds is 2. The highest BCUT2D eigenvalue weighted by Crippen LogP contribution is 2.53. The van der Waals surface area contributed by atoms with Gasteiger partial charge in [0.1, 0.15) is 11.6 Å². The molecule has 1 aliphatic heterocycles. The number of cyclic esters (lactones) is 1. The van der Waals surface area contributed by atoms with Crippen LogP contribution in [0.5, 0.6) is 0 Å². The molecule has 24 heavy (non-hydrogen) atoms. The topological polar surface area (TPSA) is 65.2 Å². The lowest BCUT2D eigenvalue weighted by Crippen LogP contribution is -2.62. The van der Waals surface area contributed by atoms with Gasteiger partial charge in [0.05, 0.1) is 5.69 Å². The minimum atomic E-state index is -3.03. The molecule has 1 aliphatic carbocycles. The van der Waals surface area contributed by atoms with E-state index in [0.717, 1.165) is 4.47 Å². The predicted octanol–water partition coefficient (Wildman–Crippen LogP) is 3.41. The zero-order valence-electron chi connectivity index (χ0n) is 13.4. The summed E-state index contributed by atoms with van der Waals surface area (Å²) in [7, 11) is 0. The van der Waals surface area contributed by atoms with Gasteiger partial charge in [0.2, 0.25) is 0 Å². The number of alkyl halides is 2. The van der Waals surface area contributed by atoms with Crippen molar-refractivity contribution in [3.8, 4) is 0 Å². The number of carbonyl (C=O) groups excluding carboxylic acids is 1. The summed E-state index contributed by atoms with van der Waals surface area (Å²) in [5.74, 6) is -5.76. The molecule has 1 aromatic rings. The number of allylic oxidation sites excluding steroid dienone is 1. The summed E-state index contributed by atoms with van der Waals surface area (Å²) in [5, 5.41) is 0. The minimum absolute atomic E-state index is 0.480. The van der Waals surface area contributed by atoms with E-state index in [1.54, 1.807) is 31.3 Å². The molecule has 2 aliphatic rings. The lowest BCUT2D eigenvalue weighted by molar-refractivity contribution is -0.155. The summed E-state index contributed by atoms with van der Waals surface area (Å²) in [6.45, 7) is 3.21. The van der Waals surface area contributed by atoms with Gasteiger partial charge in [-0.1, -0.05) is 13.0 Å². The van der Waals surface area contributed by atoms with Gasteiger partial charge in [0.15, 0.2) is 0 Å². The first-order valence-electron chi connectivity index (χ1n) is 7.83. The number of esters is 1. The highest BCUT2D eigenvalue weighted by atomic mass is 79.9. The molecule has 1 aromatic heterocycles. The van der Waals surface area contributed by atoms with Crippen molar-refractivity contribution in [2.45, 2.75) is 37.8 Å². The monoisotopic (exact) mass is 400 g/mol. The summed E-state index contributed by atoms with van der Waals surface area (Å²) in [4.78, 5) is 16.3. The van der Waals surface area contributed by atoms with Gasteiger partial charge in [-0.3, -0.25) is 9.78 Å².